The molecule has 1 aliphatic heterocycles. The van der Waals surface area contributed by atoms with E-state index in [4.69, 9.17) is 10.5 Å². The third-order valence-corrected chi connectivity index (χ3v) is 3.84. The van der Waals surface area contributed by atoms with Gasteiger partial charge in [0.15, 0.2) is 0 Å². The van der Waals surface area contributed by atoms with E-state index in [-0.39, 0.29) is 5.54 Å². The number of anilines is 2. The molecule has 0 bridgehead atoms. The number of fused-ring (bicyclic) bond motifs is 1. The second-order valence-electron chi connectivity index (χ2n) is 5.40. The minimum atomic E-state index is 0.0805. The highest BCUT2D eigenvalue weighted by molar-refractivity contribution is 5.97. The summed E-state index contributed by atoms with van der Waals surface area (Å²) in [5.41, 5.74) is 8.74. The maximum Gasteiger partial charge on any atom is 0.0951 e. The number of rotatable bonds is 2. The van der Waals surface area contributed by atoms with E-state index in [0.29, 0.717) is 0 Å². The van der Waals surface area contributed by atoms with E-state index in [0.717, 1.165) is 48.3 Å². The number of pyridine rings is 1. The van der Waals surface area contributed by atoms with E-state index < -0.39 is 0 Å². The van der Waals surface area contributed by atoms with Crippen LogP contribution < -0.4 is 11.1 Å². The monoisotopic (exact) mass is 257 g/mol. The van der Waals surface area contributed by atoms with Gasteiger partial charge >= 0.3 is 0 Å². The number of nitrogens with one attached hydrogen (secondary N) is 1. The van der Waals surface area contributed by atoms with Crippen LogP contribution in [0.5, 0.6) is 0 Å². The molecule has 100 valence electrons. The fraction of sp³-hybridized carbons (Fsp3) is 0.400. The summed E-state index contributed by atoms with van der Waals surface area (Å²) in [6.45, 7) is 3.87. The Morgan fingerprint density at radius 3 is 2.84 bits per heavy atom. The summed E-state index contributed by atoms with van der Waals surface area (Å²) < 4.78 is 5.44. The second-order valence-corrected chi connectivity index (χ2v) is 5.40. The van der Waals surface area contributed by atoms with Crippen LogP contribution in [0.4, 0.5) is 11.4 Å². The van der Waals surface area contributed by atoms with Crippen molar-refractivity contribution in [3.63, 3.8) is 0 Å². The number of nitrogens with zero attached hydrogens (tertiary/aromatic N) is 1. The normalized spacial score (nSPS) is 18.4. The molecule has 1 saturated heterocycles. The quantitative estimate of drug-likeness (QED) is 0.812. The number of hydrogen-bond acceptors (Lipinski definition) is 4. The summed E-state index contributed by atoms with van der Waals surface area (Å²) >= 11 is 0. The molecule has 1 aromatic carbocycles. The van der Waals surface area contributed by atoms with Gasteiger partial charge in [0.2, 0.25) is 0 Å². The number of para-hydroxylation sites is 1. The average Bonchev–Trinajstić information content (AvgIpc) is 2.40. The van der Waals surface area contributed by atoms with Gasteiger partial charge in [-0.3, -0.25) is 4.98 Å². The molecule has 1 aliphatic rings. The van der Waals surface area contributed by atoms with Crippen molar-refractivity contribution in [3.8, 4) is 0 Å². The minimum absolute atomic E-state index is 0.0805. The average molecular weight is 257 g/mol. The molecule has 0 spiro atoms. The molecular formula is C15H19N3O. The van der Waals surface area contributed by atoms with Crippen molar-refractivity contribution < 1.29 is 4.74 Å². The second kappa shape index (κ2) is 4.70. The fourth-order valence-corrected chi connectivity index (χ4v) is 2.58. The summed E-state index contributed by atoms with van der Waals surface area (Å²) in [5.74, 6) is 0. The zero-order chi connectivity index (χ0) is 13.3. The lowest BCUT2D eigenvalue weighted by Gasteiger charge is -2.35. The Balaban J connectivity index is 1.99. The standard InChI is InChI=1S/C15H19N3O/c1-15(6-9-19-10-7-15)18-13-5-8-17-14-11(13)3-2-4-12(14)16/h2-5,8H,6-7,9-10,16H2,1H3,(H,17,18). The van der Waals surface area contributed by atoms with E-state index in [1.165, 1.54) is 0 Å². The van der Waals surface area contributed by atoms with Crippen LogP contribution in [0.3, 0.4) is 0 Å². The number of hydrogen-bond donors (Lipinski definition) is 2. The molecule has 19 heavy (non-hydrogen) atoms. The van der Waals surface area contributed by atoms with E-state index in [1.54, 1.807) is 0 Å². The first-order valence-corrected chi connectivity index (χ1v) is 6.67. The Kier molecular flexibility index (Phi) is 3.03. The van der Waals surface area contributed by atoms with Crippen LogP contribution >= 0.6 is 0 Å². The van der Waals surface area contributed by atoms with Crippen LogP contribution in [0, 0.1) is 0 Å². The summed E-state index contributed by atoms with van der Waals surface area (Å²) in [6, 6.07) is 7.93. The Morgan fingerprint density at radius 1 is 1.26 bits per heavy atom. The molecule has 2 aromatic rings. The minimum Gasteiger partial charge on any atom is -0.397 e. The maximum atomic E-state index is 5.98. The van der Waals surface area contributed by atoms with Gasteiger partial charge in [-0.1, -0.05) is 12.1 Å². The van der Waals surface area contributed by atoms with Gasteiger partial charge in [-0.25, -0.2) is 0 Å². The van der Waals surface area contributed by atoms with Crippen molar-refractivity contribution in [1.82, 2.24) is 4.98 Å². The van der Waals surface area contributed by atoms with E-state index in [9.17, 15) is 0 Å². The predicted molar refractivity (Wildman–Crippen MR) is 78.2 cm³/mol. The predicted octanol–water partition coefficient (Wildman–Crippen LogP) is 2.80. The lowest BCUT2D eigenvalue weighted by Crippen LogP contribution is -2.40. The highest BCUT2D eigenvalue weighted by Crippen LogP contribution is 2.31. The van der Waals surface area contributed by atoms with Crippen LogP contribution in [0.15, 0.2) is 30.5 Å². The number of nitrogens with two attached hydrogens (primary N) is 1. The van der Waals surface area contributed by atoms with Gasteiger partial charge in [-0.15, -0.1) is 0 Å². The molecule has 3 rings (SSSR count). The topological polar surface area (TPSA) is 60.2 Å². The van der Waals surface area contributed by atoms with Crippen LogP contribution in [0.25, 0.3) is 10.9 Å². The number of benzene rings is 1. The summed E-state index contributed by atoms with van der Waals surface area (Å²) in [5, 5.41) is 4.73. The molecule has 3 N–H and O–H groups in total. The first-order valence-electron chi connectivity index (χ1n) is 6.67. The number of aromatic nitrogens is 1. The molecule has 2 heterocycles. The Labute approximate surface area is 113 Å². The highest BCUT2D eigenvalue weighted by atomic mass is 16.5. The highest BCUT2D eigenvalue weighted by Gasteiger charge is 2.27. The molecule has 1 fully saturated rings. The van der Waals surface area contributed by atoms with Gasteiger partial charge < -0.3 is 15.8 Å². The molecule has 0 aliphatic carbocycles. The van der Waals surface area contributed by atoms with E-state index in [1.807, 2.05) is 24.4 Å². The SMILES string of the molecule is CC1(Nc2ccnc3c(N)cccc23)CCOCC1. The van der Waals surface area contributed by atoms with Crippen LogP contribution in [0.1, 0.15) is 19.8 Å². The third kappa shape index (κ3) is 2.36. The van der Waals surface area contributed by atoms with Crippen molar-refractivity contribution in [2.75, 3.05) is 24.3 Å². The molecule has 0 radical (unpaired) electrons. The lowest BCUT2D eigenvalue weighted by atomic mass is 9.92. The van der Waals surface area contributed by atoms with Crippen molar-refractivity contribution >= 4 is 22.3 Å². The maximum absolute atomic E-state index is 5.98. The molecule has 1 aromatic heterocycles. The summed E-state index contributed by atoms with van der Waals surface area (Å²) in [4.78, 5) is 4.37. The van der Waals surface area contributed by atoms with Crippen molar-refractivity contribution in [2.24, 2.45) is 0 Å². The van der Waals surface area contributed by atoms with Gasteiger partial charge in [0.1, 0.15) is 0 Å². The molecular weight excluding hydrogens is 238 g/mol. The summed E-state index contributed by atoms with van der Waals surface area (Å²) in [6.07, 6.45) is 3.84. The van der Waals surface area contributed by atoms with Gasteiger partial charge in [-0.2, -0.15) is 0 Å². The fourth-order valence-electron chi connectivity index (χ4n) is 2.58. The van der Waals surface area contributed by atoms with Gasteiger partial charge in [0.25, 0.3) is 0 Å². The van der Waals surface area contributed by atoms with Crippen LogP contribution in [-0.4, -0.2) is 23.7 Å². The number of nitrogen functional groups attached to an aromatic ring is 1. The Morgan fingerprint density at radius 2 is 2.05 bits per heavy atom. The molecule has 4 heteroatoms. The van der Waals surface area contributed by atoms with Crippen LogP contribution in [-0.2, 0) is 4.74 Å². The zero-order valence-electron chi connectivity index (χ0n) is 11.1. The molecule has 4 nitrogen and oxygen atoms in total. The van der Waals surface area contributed by atoms with Gasteiger partial charge in [-0.05, 0) is 31.9 Å². The summed E-state index contributed by atoms with van der Waals surface area (Å²) in [7, 11) is 0. The molecule has 0 saturated carbocycles. The Hall–Kier alpha value is -1.81. The molecule has 0 atom stereocenters. The van der Waals surface area contributed by atoms with E-state index in [2.05, 4.69) is 23.3 Å². The molecule has 0 unspecified atom stereocenters. The third-order valence-electron chi connectivity index (χ3n) is 3.84. The Bertz CT molecular complexity index is 591. The van der Waals surface area contributed by atoms with Crippen molar-refractivity contribution in [1.29, 1.82) is 0 Å². The van der Waals surface area contributed by atoms with Gasteiger partial charge in [0.05, 0.1) is 11.2 Å². The zero-order valence-corrected chi connectivity index (χ0v) is 11.1. The first-order chi connectivity index (χ1) is 9.18. The van der Waals surface area contributed by atoms with Crippen molar-refractivity contribution in [3.05, 3.63) is 30.5 Å². The largest absolute Gasteiger partial charge is 0.397 e. The van der Waals surface area contributed by atoms with E-state index >= 15 is 0 Å². The smallest absolute Gasteiger partial charge is 0.0951 e. The molecule has 0 amide bonds. The van der Waals surface area contributed by atoms with Gasteiger partial charge in [0, 0.05) is 36.0 Å². The first kappa shape index (κ1) is 12.2. The van der Waals surface area contributed by atoms with Crippen LogP contribution in [0.2, 0.25) is 0 Å². The lowest BCUT2D eigenvalue weighted by molar-refractivity contribution is 0.0658. The number of ether oxygens (including phenoxy) is 1. The van der Waals surface area contributed by atoms with Crippen molar-refractivity contribution in [2.45, 2.75) is 25.3 Å².